The van der Waals surface area contributed by atoms with Crippen LogP contribution in [0.3, 0.4) is 0 Å². The number of hydrogen-bond donors (Lipinski definition) is 1. The zero-order valence-corrected chi connectivity index (χ0v) is 13.6. The molecule has 3 rings (SSSR count). The number of amides is 1. The number of ketones is 2. The van der Waals surface area contributed by atoms with Crippen molar-refractivity contribution < 1.29 is 19.2 Å². The monoisotopic (exact) mass is 333 g/mol. The lowest BCUT2D eigenvalue weighted by molar-refractivity contribution is -0.147. The van der Waals surface area contributed by atoms with Gasteiger partial charge in [-0.25, -0.2) is 0 Å². The summed E-state index contributed by atoms with van der Waals surface area (Å²) in [4.78, 5) is 48.3. The van der Waals surface area contributed by atoms with Gasteiger partial charge < -0.3 is 5.32 Å². The highest BCUT2D eigenvalue weighted by Crippen LogP contribution is 2.62. The zero-order valence-electron chi connectivity index (χ0n) is 12.8. The second kappa shape index (κ2) is 4.99. The van der Waals surface area contributed by atoms with E-state index in [9.17, 15) is 19.2 Å². The lowest BCUT2D eigenvalue weighted by Gasteiger charge is -2.33. The molecule has 2 fully saturated rings. The van der Waals surface area contributed by atoms with Crippen LogP contribution >= 0.6 is 11.6 Å². The van der Waals surface area contributed by atoms with E-state index < -0.39 is 33.5 Å². The molecule has 0 radical (unpaired) electrons. The highest BCUT2D eigenvalue weighted by atomic mass is 35.5. The average molecular weight is 334 g/mol. The number of fused-ring (bicyclic) bond motifs is 2. The third kappa shape index (κ3) is 1.99. The molecule has 1 aromatic rings. The molecule has 0 aromatic heterocycles. The van der Waals surface area contributed by atoms with E-state index in [4.69, 9.17) is 11.6 Å². The van der Waals surface area contributed by atoms with Crippen LogP contribution in [0.4, 0.5) is 5.69 Å². The Morgan fingerprint density at radius 3 is 2.26 bits per heavy atom. The Labute approximate surface area is 138 Å². The largest absolute Gasteiger partial charge is 0.325 e. The van der Waals surface area contributed by atoms with E-state index in [1.54, 1.807) is 12.1 Å². The smallest absolute Gasteiger partial charge is 0.252 e. The lowest BCUT2D eigenvalue weighted by Crippen LogP contribution is -2.47. The average Bonchev–Trinajstić information content (AvgIpc) is 2.84. The first kappa shape index (κ1) is 15.9. The van der Waals surface area contributed by atoms with Gasteiger partial charge in [-0.05, 0) is 54.1 Å². The van der Waals surface area contributed by atoms with Crippen LogP contribution in [0.5, 0.6) is 0 Å². The summed E-state index contributed by atoms with van der Waals surface area (Å²) in [6.45, 7) is 3.62. The fourth-order valence-electron chi connectivity index (χ4n) is 4.01. The number of benzene rings is 1. The summed E-state index contributed by atoms with van der Waals surface area (Å²) in [6.07, 6.45) is 0.948. The Kier molecular flexibility index (Phi) is 3.45. The van der Waals surface area contributed by atoms with Crippen molar-refractivity contribution in [2.75, 3.05) is 5.32 Å². The van der Waals surface area contributed by atoms with Gasteiger partial charge in [-0.1, -0.05) is 13.8 Å². The van der Waals surface area contributed by atoms with Gasteiger partial charge in [0.25, 0.3) is 5.24 Å². The first-order chi connectivity index (χ1) is 10.7. The maximum absolute atomic E-state index is 12.8. The minimum Gasteiger partial charge on any atom is -0.325 e. The summed E-state index contributed by atoms with van der Waals surface area (Å²) in [6, 6.07) is 6.08. The minimum absolute atomic E-state index is 0.316. The molecule has 0 heterocycles. The number of rotatable bonds is 3. The highest BCUT2D eigenvalue weighted by molar-refractivity contribution is 6.67. The van der Waals surface area contributed by atoms with Crippen LogP contribution in [0.25, 0.3) is 0 Å². The second-order valence-electron chi connectivity index (χ2n) is 6.72. The Morgan fingerprint density at radius 2 is 1.78 bits per heavy atom. The molecular formula is C17H16ClNO4. The van der Waals surface area contributed by atoms with Gasteiger partial charge in [0.2, 0.25) is 17.5 Å². The van der Waals surface area contributed by atoms with Gasteiger partial charge in [-0.3, -0.25) is 19.2 Å². The molecule has 2 bridgehead atoms. The number of nitrogens with one attached hydrogen (secondary N) is 1. The Hall–Kier alpha value is -2.01. The van der Waals surface area contributed by atoms with Crippen molar-refractivity contribution in [3.8, 4) is 0 Å². The maximum atomic E-state index is 12.8. The number of hydrogen-bond acceptors (Lipinski definition) is 4. The van der Waals surface area contributed by atoms with Crippen LogP contribution < -0.4 is 5.32 Å². The third-order valence-electron chi connectivity index (χ3n) is 5.46. The van der Waals surface area contributed by atoms with Crippen molar-refractivity contribution in [3.63, 3.8) is 0 Å². The molecule has 1 N–H and O–H groups in total. The van der Waals surface area contributed by atoms with E-state index in [-0.39, 0.29) is 5.92 Å². The second-order valence-corrected chi connectivity index (χ2v) is 7.06. The number of carbonyl (C=O) groups is 4. The number of halogens is 1. The van der Waals surface area contributed by atoms with E-state index in [2.05, 4.69) is 5.32 Å². The summed E-state index contributed by atoms with van der Waals surface area (Å²) in [5, 5.41) is 2.12. The van der Waals surface area contributed by atoms with Crippen molar-refractivity contribution in [3.05, 3.63) is 29.8 Å². The summed E-state index contributed by atoms with van der Waals surface area (Å²) in [5.74, 6) is -1.84. The fourth-order valence-corrected chi connectivity index (χ4v) is 4.13. The molecule has 5 nitrogen and oxygen atoms in total. The maximum Gasteiger partial charge on any atom is 0.252 e. The molecule has 2 atom stereocenters. The summed E-state index contributed by atoms with van der Waals surface area (Å²) >= 11 is 5.38. The molecule has 0 aliphatic heterocycles. The van der Waals surface area contributed by atoms with Gasteiger partial charge in [-0.2, -0.15) is 0 Å². The van der Waals surface area contributed by atoms with E-state index in [0.29, 0.717) is 24.1 Å². The van der Waals surface area contributed by atoms with Gasteiger partial charge in [0.15, 0.2) is 0 Å². The first-order valence-corrected chi connectivity index (χ1v) is 7.79. The topological polar surface area (TPSA) is 80.3 Å². The first-order valence-electron chi connectivity index (χ1n) is 7.42. The van der Waals surface area contributed by atoms with Gasteiger partial charge in [0.05, 0.1) is 0 Å². The molecule has 2 aliphatic rings. The molecule has 120 valence electrons. The van der Waals surface area contributed by atoms with E-state index in [1.165, 1.54) is 12.1 Å². The van der Waals surface area contributed by atoms with Crippen LogP contribution in [0.15, 0.2) is 24.3 Å². The molecule has 2 unspecified atom stereocenters. The Balaban J connectivity index is 1.90. The molecule has 23 heavy (non-hydrogen) atoms. The predicted octanol–water partition coefficient (Wildman–Crippen LogP) is 2.58. The molecular weight excluding hydrogens is 318 g/mol. The molecule has 0 spiro atoms. The van der Waals surface area contributed by atoms with Crippen LogP contribution in [0.2, 0.25) is 0 Å². The van der Waals surface area contributed by atoms with Crippen LogP contribution in [0, 0.1) is 16.7 Å². The van der Waals surface area contributed by atoms with Crippen LogP contribution in [0.1, 0.15) is 37.0 Å². The molecule has 2 saturated carbocycles. The van der Waals surface area contributed by atoms with Crippen molar-refractivity contribution in [1.82, 2.24) is 0 Å². The summed E-state index contributed by atoms with van der Waals surface area (Å²) in [5.41, 5.74) is -1.21. The molecule has 2 aliphatic carbocycles. The van der Waals surface area contributed by atoms with Crippen LogP contribution in [-0.4, -0.2) is 22.7 Å². The normalized spacial score (nSPS) is 28.0. The highest BCUT2D eigenvalue weighted by Gasteiger charge is 2.72. The Morgan fingerprint density at radius 1 is 1.17 bits per heavy atom. The van der Waals surface area contributed by atoms with Gasteiger partial charge in [0, 0.05) is 17.2 Å². The van der Waals surface area contributed by atoms with Crippen molar-refractivity contribution >= 4 is 40.0 Å². The predicted molar refractivity (Wildman–Crippen MR) is 84.2 cm³/mol. The standard InChI is InChI=1S/C17H16ClNO4/c1-16(2)11-7-8-17(16,13(21)12(11)20)15(23)19-10-5-3-9(4-6-10)14(18)22/h3-6,11H,7-8H2,1-2H3,(H,19,23). The number of Topliss-reactive ketones (excluding diaryl/α,β-unsaturated/α-hetero) is 2. The fraction of sp³-hybridized carbons (Fsp3) is 0.412. The third-order valence-corrected chi connectivity index (χ3v) is 5.68. The zero-order chi connectivity index (χ0) is 17.0. The quantitative estimate of drug-likeness (QED) is 0.523. The lowest BCUT2D eigenvalue weighted by atomic mass is 9.68. The number of carbonyl (C=O) groups excluding carboxylic acids is 4. The van der Waals surface area contributed by atoms with Crippen molar-refractivity contribution in [2.24, 2.45) is 16.7 Å². The van der Waals surface area contributed by atoms with E-state index >= 15 is 0 Å². The van der Waals surface area contributed by atoms with Crippen LogP contribution in [-0.2, 0) is 14.4 Å². The van der Waals surface area contributed by atoms with E-state index in [0.717, 1.165) is 0 Å². The summed E-state index contributed by atoms with van der Waals surface area (Å²) < 4.78 is 0. The van der Waals surface area contributed by atoms with Gasteiger partial charge >= 0.3 is 0 Å². The SMILES string of the molecule is CC1(C)C2CCC1(C(=O)Nc1ccc(C(=O)Cl)cc1)C(=O)C2=O. The minimum atomic E-state index is -1.30. The molecule has 1 aromatic carbocycles. The van der Waals surface area contributed by atoms with Crippen molar-refractivity contribution in [1.29, 1.82) is 0 Å². The molecule has 6 heteroatoms. The number of anilines is 1. The van der Waals surface area contributed by atoms with Crippen molar-refractivity contribution in [2.45, 2.75) is 26.7 Å². The van der Waals surface area contributed by atoms with Gasteiger partial charge in [0.1, 0.15) is 5.41 Å². The van der Waals surface area contributed by atoms with Gasteiger partial charge in [-0.15, -0.1) is 0 Å². The summed E-state index contributed by atoms with van der Waals surface area (Å²) in [7, 11) is 0. The molecule has 1 amide bonds. The molecule has 0 saturated heterocycles. The van der Waals surface area contributed by atoms with E-state index in [1.807, 2.05) is 13.8 Å². The Bertz CT molecular complexity index is 737.